The minimum Gasteiger partial charge on any atom is -0.478 e. The van der Waals surface area contributed by atoms with Crippen molar-refractivity contribution in [2.75, 3.05) is 0 Å². The molecule has 106 valence electrons. The van der Waals surface area contributed by atoms with Crippen LogP contribution in [0.25, 0.3) is 5.65 Å². The van der Waals surface area contributed by atoms with Gasteiger partial charge in [-0.3, -0.25) is 4.40 Å². The Morgan fingerprint density at radius 3 is 2.95 bits per heavy atom. The van der Waals surface area contributed by atoms with Gasteiger partial charge < -0.3 is 5.11 Å². The molecule has 21 heavy (non-hydrogen) atoms. The highest BCUT2D eigenvalue weighted by atomic mass is 79.9. The minimum atomic E-state index is -0.977. The van der Waals surface area contributed by atoms with Crippen molar-refractivity contribution in [3.63, 3.8) is 0 Å². The molecule has 0 unspecified atom stereocenters. The van der Waals surface area contributed by atoms with Crippen LogP contribution in [0.4, 0.5) is 0 Å². The number of halogens is 1. The maximum Gasteiger partial charge on any atom is 0.336 e. The summed E-state index contributed by atoms with van der Waals surface area (Å²) in [6.45, 7) is 1.84. The Morgan fingerprint density at radius 1 is 1.38 bits per heavy atom. The van der Waals surface area contributed by atoms with Crippen molar-refractivity contribution >= 4 is 39.3 Å². The van der Waals surface area contributed by atoms with Crippen LogP contribution in [-0.2, 0) is 0 Å². The van der Waals surface area contributed by atoms with E-state index in [1.165, 1.54) is 11.8 Å². The van der Waals surface area contributed by atoms with Crippen LogP contribution in [0.2, 0.25) is 0 Å². The normalized spacial score (nSPS) is 11.0. The van der Waals surface area contributed by atoms with Gasteiger partial charge in [-0.25, -0.2) is 9.78 Å². The molecule has 3 rings (SSSR count). The lowest BCUT2D eigenvalue weighted by atomic mass is 10.2. The van der Waals surface area contributed by atoms with Gasteiger partial charge in [0.2, 0.25) is 0 Å². The molecule has 0 radical (unpaired) electrons. The molecule has 0 spiro atoms. The summed E-state index contributed by atoms with van der Waals surface area (Å²) in [6, 6.07) is 5.01. The van der Waals surface area contributed by atoms with Crippen molar-refractivity contribution in [1.29, 1.82) is 0 Å². The summed E-state index contributed by atoms with van der Waals surface area (Å²) in [5.74, 6) is -0.225. The van der Waals surface area contributed by atoms with Crippen molar-refractivity contribution in [3.8, 4) is 0 Å². The molecule has 0 aliphatic rings. The lowest BCUT2D eigenvalue weighted by molar-refractivity contribution is 0.0693. The summed E-state index contributed by atoms with van der Waals surface area (Å²) in [5.41, 5.74) is 0.833. The second-order valence-electron chi connectivity index (χ2n) is 4.22. The number of aromatic nitrogens is 4. The zero-order chi connectivity index (χ0) is 15.0. The fourth-order valence-corrected chi connectivity index (χ4v) is 3.37. The first-order chi connectivity index (χ1) is 10.1. The Bertz CT molecular complexity index is 849. The van der Waals surface area contributed by atoms with Crippen molar-refractivity contribution in [2.24, 2.45) is 0 Å². The maximum absolute atomic E-state index is 11.3. The topological polar surface area (TPSA) is 80.4 Å². The first-order valence-electron chi connectivity index (χ1n) is 5.93. The Balaban J connectivity index is 2.10. The van der Waals surface area contributed by atoms with E-state index in [0.29, 0.717) is 15.6 Å². The van der Waals surface area contributed by atoms with Crippen LogP contribution in [0.5, 0.6) is 0 Å². The number of nitrogens with zero attached hydrogens (tertiary/aromatic N) is 4. The predicted octanol–water partition coefficient (Wildman–Crippen LogP) is 3.04. The van der Waals surface area contributed by atoms with E-state index in [9.17, 15) is 9.90 Å². The predicted molar refractivity (Wildman–Crippen MR) is 80.7 cm³/mol. The lowest BCUT2D eigenvalue weighted by Crippen LogP contribution is -1.99. The third-order valence-corrected chi connectivity index (χ3v) is 4.38. The van der Waals surface area contributed by atoms with E-state index in [1.54, 1.807) is 30.6 Å². The van der Waals surface area contributed by atoms with Gasteiger partial charge in [-0.15, -0.1) is 10.2 Å². The van der Waals surface area contributed by atoms with Crippen molar-refractivity contribution in [1.82, 2.24) is 19.6 Å². The number of aromatic carboxylic acids is 1. The first kappa shape index (κ1) is 14.0. The third-order valence-electron chi connectivity index (χ3n) is 2.85. The summed E-state index contributed by atoms with van der Waals surface area (Å²) in [7, 11) is 0. The van der Waals surface area contributed by atoms with Gasteiger partial charge in [0.25, 0.3) is 0 Å². The number of hydrogen-bond donors (Lipinski definition) is 1. The smallest absolute Gasteiger partial charge is 0.336 e. The Labute approximate surface area is 132 Å². The van der Waals surface area contributed by atoms with Gasteiger partial charge in [-0.1, -0.05) is 27.7 Å². The number of rotatable bonds is 3. The molecule has 0 saturated heterocycles. The molecule has 2 heterocycles. The average molecular weight is 365 g/mol. The molecule has 1 aromatic carbocycles. The zero-order valence-electron chi connectivity index (χ0n) is 10.8. The highest BCUT2D eigenvalue weighted by Crippen LogP contribution is 2.33. The molecule has 0 atom stereocenters. The highest BCUT2D eigenvalue weighted by molar-refractivity contribution is 9.10. The third kappa shape index (κ3) is 2.64. The van der Waals surface area contributed by atoms with Crippen LogP contribution in [0.15, 0.2) is 45.0 Å². The largest absolute Gasteiger partial charge is 0.478 e. The van der Waals surface area contributed by atoms with Crippen LogP contribution in [0, 0.1) is 6.92 Å². The standard InChI is InChI=1S/C13H9BrN4O2S/c1-7-16-17-11-12(15-4-5-18(7)11)21-10-6-8(14)2-3-9(10)13(19)20/h2-6H,1H3,(H,19,20). The Morgan fingerprint density at radius 2 is 2.19 bits per heavy atom. The summed E-state index contributed by atoms with van der Waals surface area (Å²) < 4.78 is 2.62. The van der Waals surface area contributed by atoms with Crippen molar-refractivity contribution < 1.29 is 9.90 Å². The molecule has 6 nitrogen and oxygen atoms in total. The molecule has 1 N–H and O–H groups in total. The van der Waals surface area contributed by atoms with E-state index >= 15 is 0 Å². The average Bonchev–Trinajstić information content (AvgIpc) is 2.82. The molecular weight excluding hydrogens is 356 g/mol. The zero-order valence-corrected chi connectivity index (χ0v) is 13.2. The van der Waals surface area contributed by atoms with Gasteiger partial charge in [0, 0.05) is 21.8 Å². The fraction of sp³-hybridized carbons (Fsp3) is 0.0769. The van der Waals surface area contributed by atoms with E-state index < -0.39 is 5.97 Å². The molecule has 0 amide bonds. The Kier molecular flexibility index (Phi) is 3.64. The fourth-order valence-electron chi connectivity index (χ4n) is 1.85. The van der Waals surface area contributed by atoms with Crippen LogP contribution < -0.4 is 0 Å². The summed E-state index contributed by atoms with van der Waals surface area (Å²) in [4.78, 5) is 16.2. The molecule has 0 fully saturated rings. The summed E-state index contributed by atoms with van der Waals surface area (Å²) >= 11 is 4.61. The number of carbonyl (C=O) groups is 1. The number of aryl methyl sites for hydroxylation is 1. The van der Waals surface area contributed by atoms with E-state index in [2.05, 4.69) is 31.1 Å². The first-order valence-corrected chi connectivity index (χ1v) is 7.54. The molecule has 8 heteroatoms. The number of benzene rings is 1. The van der Waals surface area contributed by atoms with Crippen LogP contribution in [-0.4, -0.2) is 30.7 Å². The van der Waals surface area contributed by atoms with Gasteiger partial charge in [0.05, 0.1) is 5.56 Å². The van der Waals surface area contributed by atoms with Crippen LogP contribution in [0.3, 0.4) is 0 Å². The summed E-state index contributed by atoms with van der Waals surface area (Å²) in [6.07, 6.45) is 3.41. The number of carboxylic acid groups (broad SMARTS) is 1. The van der Waals surface area contributed by atoms with E-state index in [4.69, 9.17) is 0 Å². The van der Waals surface area contributed by atoms with E-state index in [-0.39, 0.29) is 5.56 Å². The maximum atomic E-state index is 11.3. The number of fused-ring (bicyclic) bond motifs is 1. The highest BCUT2D eigenvalue weighted by Gasteiger charge is 2.15. The van der Waals surface area contributed by atoms with E-state index in [0.717, 1.165) is 10.3 Å². The molecular formula is C13H9BrN4O2S. The van der Waals surface area contributed by atoms with Crippen molar-refractivity contribution in [3.05, 3.63) is 46.5 Å². The second-order valence-corrected chi connectivity index (χ2v) is 6.17. The van der Waals surface area contributed by atoms with Crippen molar-refractivity contribution in [2.45, 2.75) is 16.8 Å². The molecule has 2 aromatic heterocycles. The number of hydrogen-bond acceptors (Lipinski definition) is 5. The van der Waals surface area contributed by atoms with Gasteiger partial charge in [-0.05, 0) is 25.1 Å². The van der Waals surface area contributed by atoms with Gasteiger partial charge >= 0.3 is 5.97 Å². The Hall–Kier alpha value is -1.93. The van der Waals surface area contributed by atoms with Crippen LogP contribution in [0.1, 0.15) is 16.2 Å². The van der Waals surface area contributed by atoms with E-state index in [1.807, 2.05) is 11.3 Å². The molecule has 0 saturated carbocycles. The quantitative estimate of drug-likeness (QED) is 0.769. The lowest BCUT2D eigenvalue weighted by Gasteiger charge is -2.06. The summed E-state index contributed by atoms with van der Waals surface area (Å²) in [5, 5.41) is 18.0. The second kappa shape index (κ2) is 5.45. The molecule has 3 aromatic rings. The van der Waals surface area contributed by atoms with Crippen LogP contribution >= 0.6 is 27.7 Å². The van der Waals surface area contributed by atoms with Gasteiger partial charge in [0.1, 0.15) is 10.9 Å². The molecule has 0 bridgehead atoms. The SMILES string of the molecule is Cc1nnc2c(Sc3cc(Br)ccc3C(=O)O)nccn12. The monoisotopic (exact) mass is 364 g/mol. The molecule has 0 aliphatic heterocycles. The minimum absolute atomic E-state index is 0.225. The van der Waals surface area contributed by atoms with Gasteiger partial charge in [0.15, 0.2) is 5.65 Å². The number of carboxylic acids is 1. The molecule has 0 aliphatic carbocycles. The van der Waals surface area contributed by atoms with Gasteiger partial charge in [-0.2, -0.15) is 0 Å².